The molecule has 2 aliphatic rings. The summed E-state index contributed by atoms with van der Waals surface area (Å²) >= 11 is 0. The Balaban J connectivity index is 1.89. The highest BCUT2D eigenvalue weighted by Gasteiger charge is 2.29. The Morgan fingerprint density at radius 3 is 2.50 bits per heavy atom. The van der Waals surface area contributed by atoms with Gasteiger partial charge in [0, 0.05) is 12.6 Å². The minimum atomic E-state index is -0.655. The van der Waals surface area contributed by atoms with Crippen molar-refractivity contribution in [1.29, 1.82) is 0 Å². The smallest absolute Gasteiger partial charge is 0.320 e. The average Bonchev–Trinajstić information content (AvgIpc) is 2.77. The molecule has 0 aromatic carbocycles. The second kappa shape index (κ2) is 6.53. The number of aliphatic carboxylic acids is 1. The van der Waals surface area contributed by atoms with Crippen molar-refractivity contribution in [1.82, 2.24) is 9.80 Å². The first-order valence-electron chi connectivity index (χ1n) is 7.43. The highest BCUT2D eigenvalue weighted by Crippen LogP contribution is 2.22. The molecule has 0 bridgehead atoms. The predicted molar refractivity (Wildman–Crippen MR) is 71.7 cm³/mol. The van der Waals surface area contributed by atoms with E-state index < -0.39 is 5.97 Å². The molecule has 1 N–H and O–H groups in total. The maximum Gasteiger partial charge on any atom is 0.320 e. The quantitative estimate of drug-likeness (QED) is 0.831. The van der Waals surface area contributed by atoms with Gasteiger partial charge < -0.3 is 10.0 Å². The van der Waals surface area contributed by atoms with E-state index in [2.05, 4.69) is 9.80 Å². The summed E-state index contributed by atoms with van der Waals surface area (Å²) in [5.41, 5.74) is 0. The Morgan fingerprint density at radius 1 is 1.17 bits per heavy atom. The number of nitrogens with zero attached hydrogens (tertiary/aromatic N) is 2. The lowest BCUT2D eigenvalue weighted by molar-refractivity contribution is -0.143. The van der Waals surface area contributed by atoms with E-state index >= 15 is 0 Å². The predicted octanol–water partition coefficient (Wildman–Crippen LogP) is 1.80. The van der Waals surface area contributed by atoms with Gasteiger partial charge in [-0.2, -0.15) is 0 Å². The Labute approximate surface area is 110 Å². The number of hydrogen-bond donors (Lipinski definition) is 1. The fourth-order valence-electron chi connectivity index (χ4n) is 3.47. The van der Waals surface area contributed by atoms with Crippen molar-refractivity contribution in [3.05, 3.63) is 0 Å². The monoisotopic (exact) mass is 254 g/mol. The summed E-state index contributed by atoms with van der Waals surface area (Å²) in [5, 5.41) is 9.24. The lowest BCUT2D eigenvalue weighted by Crippen LogP contribution is -2.42. The molecule has 0 aliphatic carbocycles. The molecule has 4 heteroatoms. The molecule has 104 valence electrons. The summed E-state index contributed by atoms with van der Waals surface area (Å²) in [4.78, 5) is 16.0. The van der Waals surface area contributed by atoms with Crippen molar-refractivity contribution < 1.29 is 9.90 Å². The van der Waals surface area contributed by atoms with E-state index in [1.54, 1.807) is 0 Å². The Bertz CT molecular complexity index is 277. The molecule has 2 aliphatic heterocycles. The molecule has 0 amide bonds. The van der Waals surface area contributed by atoms with Crippen molar-refractivity contribution in [3.63, 3.8) is 0 Å². The molecule has 2 rings (SSSR count). The highest BCUT2D eigenvalue weighted by atomic mass is 16.4. The molecule has 2 unspecified atom stereocenters. The van der Waals surface area contributed by atoms with E-state index in [9.17, 15) is 9.90 Å². The van der Waals surface area contributed by atoms with Crippen LogP contribution >= 0.6 is 0 Å². The van der Waals surface area contributed by atoms with Gasteiger partial charge in [-0.05, 0) is 58.2 Å². The largest absolute Gasteiger partial charge is 0.480 e. The third-order valence-corrected chi connectivity index (χ3v) is 4.50. The molecule has 0 radical (unpaired) electrons. The van der Waals surface area contributed by atoms with Crippen LogP contribution in [0.25, 0.3) is 0 Å². The minimum absolute atomic E-state index is 0.276. The maximum atomic E-state index is 11.2. The lowest BCUT2D eigenvalue weighted by atomic mass is 10.1. The van der Waals surface area contributed by atoms with Gasteiger partial charge in [-0.3, -0.25) is 9.69 Å². The van der Waals surface area contributed by atoms with Gasteiger partial charge in [0.1, 0.15) is 6.04 Å². The highest BCUT2D eigenvalue weighted by molar-refractivity contribution is 5.73. The molecule has 18 heavy (non-hydrogen) atoms. The van der Waals surface area contributed by atoms with Gasteiger partial charge in [-0.25, -0.2) is 0 Å². The number of carbonyl (C=O) groups is 1. The third-order valence-electron chi connectivity index (χ3n) is 4.50. The van der Waals surface area contributed by atoms with Crippen LogP contribution in [0.5, 0.6) is 0 Å². The Kier molecular flexibility index (Phi) is 5.01. The molecule has 0 saturated carbocycles. The van der Waals surface area contributed by atoms with Crippen LogP contribution in [0.3, 0.4) is 0 Å². The van der Waals surface area contributed by atoms with E-state index in [1.807, 2.05) is 6.92 Å². The van der Waals surface area contributed by atoms with E-state index in [-0.39, 0.29) is 6.04 Å². The number of likely N-dealkylation sites (tertiary alicyclic amines) is 2. The number of carboxylic acids is 1. The number of hydrogen-bond acceptors (Lipinski definition) is 3. The topological polar surface area (TPSA) is 43.8 Å². The molecule has 4 nitrogen and oxygen atoms in total. The lowest BCUT2D eigenvalue weighted by Gasteiger charge is -2.28. The fourth-order valence-corrected chi connectivity index (χ4v) is 3.47. The zero-order valence-electron chi connectivity index (χ0n) is 11.5. The molecule has 2 heterocycles. The van der Waals surface area contributed by atoms with Crippen LogP contribution in [0.15, 0.2) is 0 Å². The van der Waals surface area contributed by atoms with Gasteiger partial charge in [-0.1, -0.05) is 6.92 Å². The zero-order chi connectivity index (χ0) is 13.0. The van der Waals surface area contributed by atoms with E-state index in [1.165, 1.54) is 32.4 Å². The van der Waals surface area contributed by atoms with Gasteiger partial charge in [0.25, 0.3) is 0 Å². The van der Waals surface area contributed by atoms with E-state index in [0.717, 1.165) is 25.9 Å². The SMILES string of the molecule is CCC(C(=O)O)N1CCCC(N2CCCC2)CC1. The second-order valence-corrected chi connectivity index (χ2v) is 5.63. The van der Waals surface area contributed by atoms with Crippen LogP contribution in [0.2, 0.25) is 0 Å². The first-order valence-corrected chi connectivity index (χ1v) is 7.43. The molecule has 2 fully saturated rings. The Hall–Kier alpha value is -0.610. The second-order valence-electron chi connectivity index (χ2n) is 5.63. The van der Waals surface area contributed by atoms with Crippen LogP contribution in [-0.4, -0.2) is 59.1 Å². The maximum absolute atomic E-state index is 11.2. The summed E-state index contributed by atoms with van der Waals surface area (Å²) in [6, 6.07) is 0.422. The van der Waals surface area contributed by atoms with Gasteiger partial charge in [0.2, 0.25) is 0 Å². The molecule has 0 aromatic heterocycles. The van der Waals surface area contributed by atoms with Crippen molar-refractivity contribution in [2.24, 2.45) is 0 Å². The van der Waals surface area contributed by atoms with Crippen molar-refractivity contribution in [3.8, 4) is 0 Å². The molecular weight excluding hydrogens is 228 g/mol. The van der Waals surface area contributed by atoms with E-state index in [4.69, 9.17) is 0 Å². The zero-order valence-corrected chi connectivity index (χ0v) is 11.5. The van der Waals surface area contributed by atoms with E-state index in [0.29, 0.717) is 12.5 Å². The first kappa shape index (κ1) is 13.8. The fraction of sp³-hybridized carbons (Fsp3) is 0.929. The van der Waals surface area contributed by atoms with Crippen molar-refractivity contribution >= 4 is 5.97 Å². The van der Waals surface area contributed by atoms with Crippen LogP contribution < -0.4 is 0 Å². The van der Waals surface area contributed by atoms with Gasteiger partial charge in [0.15, 0.2) is 0 Å². The summed E-state index contributed by atoms with van der Waals surface area (Å²) in [6.07, 6.45) is 6.92. The molecule has 2 atom stereocenters. The summed E-state index contributed by atoms with van der Waals surface area (Å²) in [7, 11) is 0. The van der Waals surface area contributed by atoms with Gasteiger partial charge in [0.05, 0.1) is 0 Å². The van der Waals surface area contributed by atoms with Crippen LogP contribution in [0, 0.1) is 0 Å². The number of rotatable bonds is 4. The average molecular weight is 254 g/mol. The summed E-state index contributed by atoms with van der Waals surface area (Å²) in [6.45, 7) is 6.38. The van der Waals surface area contributed by atoms with Crippen molar-refractivity contribution in [2.75, 3.05) is 26.2 Å². The third kappa shape index (κ3) is 3.23. The molecular formula is C14H26N2O2. The Morgan fingerprint density at radius 2 is 1.89 bits per heavy atom. The van der Waals surface area contributed by atoms with Gasteiger partial charge in [-0.15, -0.1) is 0 Å². The van der Waals surface area contributed by atoms with Crippen LogP contribution in [0.4, 0.5) is 0 Å². The van der Waals surface area contributed by atoms with Crippen LogP contribution in [-0.2, 0) is 4.79 Å². The summed E-state index contributed by atoms with van der Waals surface area (Å²) < 4.78 is 0. The molecule has 0 spiro atoms. The first-order chi connectivity index (χ1) is 8.72. The minimum Gasteiger partial charge on any atom is -0.480 e. The van der Waals surface area contributed by atoms with Crippen molar-refractivity contribution in [2.45, 2.75) is 57.5 Å². The molecule has 0 aromatic rings. The summed E-state index contributed by atoms with van der Waals surface area (Å²) in [5.74, 6) is -0.655. The standard InChI is InChI=1S/C14H26N2O2/c1-2-13(14(17)18)16-10-5-6-12(7-11-16)15-8-3-4-9-15/h12-13H,2-11H2,1H3,(H,17,18). The number of carboxylic acid groups (broad SMARTS) is 1. The molecule has 2 saturated heterocycles. The van der Waals surface area contributed by atoms with Crippen LogP contribution in [0.1, 0.15) is 45.4 Å². The normalized spacial score (nSPS) is 29.1. The van der Waals surface area contributed by atoms with Gasteiger partial charge >= 0.3 is 5.97 Å².